The Morgan fingerprint density at radius 2 is 0.946 bits per heavy atom. The summed E-state index contributed by atoms with van der Waals surface area (Å²) in [6.45, 7) is 8.92. The van der Waals surface area contributed by atoms with Crippen molar-refractivity contribution in [1.82, 2.24) is 9.13 Å². The number of benzene rings is 3. The van der Waals surface area contributed by atoms with E-state index in [9.17, 15) is 9.59 Å². The molecule has 0 saturated heterocycles. The van der Waals surface area contributed by atoms with Crippen LogP contribution in [-0.2, 0) is 13.1 Å². The number of halogens is 2. The van der Waals surface area contributed by atoms with E-state index in [0.29, 0.717) is 30.6 Å². The molecular formula is C31H26Cl2N2O2. The van der Waals surface area contributed by atoms with Crippen LogP contribution in [0, 0.1) is 27.7 Å². The molecule has 37 heavy (non-hydrogen) atoms. The average molecular weight is 529 g/mol. The highest BCUT2D eigenvalue weighted by molar-refractivity contribution is 6.32. The summed E-state index contributed by atoms with van der Waals surface area (Å²) in [6.07, 6.45) is 0.683. The lowest BCUT2D eigenvalue weighted by Crippen LogP contribution is -2.22. The van der Waals surface area contributed by atoms with Gasteiger partial charge in [-0.1, -0.05) is 35.3 Å². The van der Waals surface area contributed by atoms with E-state index in [1.165, 1.54) is 0 Å². The van der Waals surface area contributed by atoms with Crippen LogP contribution in [0.15, 0.2) is 58.1 Å². The van der Waals surface area contributed by atoms with E-state index in [1.54, 1.807) is 0 Å². The van der Waals surface area contributed by atoms with Crippen molar-refractivity contribution in [2.45, 2.75) is 47.2 Å². The van der Waals surface area contributed by atoms with E-state index < -0.39 is 0 Å². The summed E-state index contributed by atoms with van der Waals surface area (Å²) in [7, 11) is 0. The third-order valence-electron chi connectivity index (χ3n) is 7.56. The Morgan fingerprint density at radius 1 is 0.595 bits per heavy atom. The summed E-state index contributed by atoms with van der Waals surface area (Å²) in [5, 5.41) is 3.32. The molecular weight excluding hydrogens is 503 g/mol. The Kier molecular flexibility index (Phi) is 5.59. The average Bonchev–Trinajstić information content (AvgIpc) is 3.08. The highest BCUT2D eigenvalue weighted by Crippen LogP contribution is 2.34. The molecule has 0 N–H and O–H groups in total. The molecule has 2 aromatic heterocycles. The van der Waals surface area contributed by atoms with Crippen LogP contribution in [0.4, 0.5) is 0 Å². The van der Waals surface area contributed by atoms with Crippen molar-refractivity contribution < 1.29 is 0 Å². The van der Waals surface area contributed by atoms with Gasteiger partial charge in [-0.15, -0.1) is 0 Å². The molecule has 6 heteroatoms. The van der Waals surface area contributed by atoms with Gasteiger partial charge in [-0.3, -0.25) is 9.59 Å². The first-order valence-electron chi connectivity index (χ1n) is 12.4. The maximum Gasteiger partial charge on any atom is 0.258 e. The molecule has 0 amide bonds. The Labute approximate surface area is 224 Å². The summed E-state index contributed by atoms with van der Waals surface area (Å²) in [5.74, 6) is 0. The van der Waals surface area contributed by atoms with Crippen molar-refractivity contribution >= 4 is 45.0 Å². The predicted octanol–water partition coefficient (Wildman–Crippen LogP) is 7.59. The minimum Gasteiger partial charge on any atom is -0.306 e. The summed E-state index contributed by atoms with van der Waals surface area (Å²) >= 11 is 12.8. The van der Waals surface area contributed by atoms with Crippen LogP contribution >= 0.6 is 23.2 Å². The fraction of sp³-hybridized carbons (Fsp3) is 0.226. The molecule has 0 atom stereocenters. The van der Waals surface area contributed by atoms with Gasteiger partial charge in [0.2, 0.25) is 0 Å². The Morgan fingerprint density at radius 3 is 1.30 bits per heavy atom. The van der Waals surface area contributed by atoms with Gasteiger partial charge in [0, 0.05) is 45.0 Å². The van der Waals surface area contributed by atoms with Crippen molar-refractivity contribution in [2.75, 3.05) is 0 Å². The second-order valence-electron chi connectivity index (χ2n) is 10.2. The smallest absolute Gasteiger partial charge is 0.258 e. The van der Waals surface area contributed by atoms with E-state index in [1.807, 2.05) is 73.2 Å². The molecule has 0 spiro atoms. The van der Waals surface area contributed by atoms with E-state index >= 15 is 0 Å². The van der Waals surface area contributed by atoms with Crippen molar-refractivity contribution in [2.24, 2.45) is 0 Å². The molecule has 186 valence electrons. The van der Waals surface area contributed by atoms with Crippen LogP contribution in [0.3, 0.4) is 0 Å². The third-order valence-corrected chi connectivity index (χ3v) is 8.75. The highest BCUT2D eigenvalue weighted by atomic mass is 35.5. The van der Waals surface area contributed by atoms with Crippen LogP contribution in [0.25, 0.3) is 44.1 Å². The fourth-order valence-electron chi connectivity index (χ4n) is 5.77. The van der Waals surface area contributed by atoms with Crippen molar-refractivity contribution in [3.8, 4) is 22.3 Å². The van der Waals surface area contributed by atoms with Crippen LogP contribution in [-0.4, -0.2) is 9.13 Å². The predicted molar refractivity (Wildman–Crippen MR) is 154 cm³/mol. The van der Waals surface area contributed by atoms with Gasteiger partial charge in [0.05, 0.1) is 11.0 Å². The molecule has 5 aromatic rings. The van der Waals surface area contributed by atoms with Gasteiger partial charge in [0.15, 0.2) is 0 Å². The minimum absolute atomic E-state index is 0.0463. The van der Waals surface area contributed by atoms with Gasteiger partial charge in [-0.05, 0) is 104 Å². The maximum absolute atomic E-state index is 13.9. The molecule has 1 aliphatic rings. The second-order valence-corrected chi connectivity index (χ2v) is 10.9. The Bertz CT molecular complexity index is 1730. The van der Waals surface area contributed by atoms with Crippen molar-refractivity contribution in [1.29, 1.82) is 0 Å². The van der Waals surface area contributed by atoms with E-state index in [0.717, 1.165) is 65.2 Å². The largest absolute Gasteiger partial charge is 0.306 e. The third kappa shape index (κ3) is 3.65. The fourth-order valence-corrected chi connectivity index (χ4v) is 5.99. The molecule has 0 unspecified atom stereocenters. The molecule has 3 aromatic carbocycles. The van der Waals surface area contributed by atoms with Gasteiger partial charge in [0.1, 0.15) is 0 Å². The quantitative estimate of drug-likeness (QED) is 0.221. The lowest BCUT2D eigenvalue weighted by Gasteiger charge is -2.16. The van der Waals surface area contributed by atoms with Gasteiger partial charge in [-0.2, -0.15) is 0 Å². The Balaban J connectivity index is 1.67. The van der Waals surface area contributed by atoms with Gasteiger partial charge < -0.3 is 9.13 Å². The number of hydrogen-bond donors (Lipinski definition) is 0. The summed E-state index contributed by atoms with van der Waals surface area (Å²) in [6, 6.07) is 15.9. The van der Waals surface area contributed by atoms with E-state index in [-0.39, 0.29) is 11.1 Å². The van der Waals surface area contributed by atoms with Crippen molar-refractivity contribution in [3.63, 3.8) is 0 Å². The molecule has 0 bridgehead atoms. The first-order chi connectivity index (χ1) is 17.7. The second kappa shape index (κ2) is 8.61. The van der Waals surface area contributed by atoms with E-state index in [4.69, 9.17) is 23.2 Å². The summed E-state index contributed by atoms with van der Waals surface area (Å²) in [5.41, 5.74) is 8.34. The number of nitrogens with zero attached hydrogens (tertiary/aromatic N) is 2. The summed E-state index contributed by atoms with van der Waals surface area (Å²) < 4.78 is 3.71. The standard InChI is InChI=1S/C31H26Cl2N2O2/c1-16-10-22(11-17(2)26(16)32)24-14-20-6-7-21-15-25(23-12-18(3)27(33)19(4)13-23)31(37)35-9-5-8-34(30(24)36)28(20)29(21)35/h6-7,10-15H,5,8-9H2,1-4H3. The summed E-state index contributed by atoms with van der Waals surface area (Å²) in [4.78, 5) is 27.7. The topological polar surface area (TPSA) is 44.0 Å². The molecule has 1 aliphatic heterocycles. The zero-order valence-electron chi connectivity index (χ0n) is 21.2. The number of aromatic nitrogens is 2. The molecule has 6 rings (SSSR count). The monoisotopic (exact) mass is 528 g/mol. The SMILES string of the molecule is Cc1cc(-c2cc3ccc4cc(-c5cc(C)c(Cl)c(C)c5)c(=O)n5c4c3n(c2=O)CCC5)cc(C)c1Cl. The highest BCUT2D eigenvalue weighted by Gasteiger charge is 2.21. The molecule has 0 aliphatic carbocycles. The van der Waals surface area contributed by atoms with E-state index in [2.05, 4.69) is 12.1 Å². The number of aryl methyl sites for hydroxylation is 6. The van der Waals surface area contributed by atoms with Gasteiger partial charge in [-0.25, -0.2) is 0 Å². The minimum atomic E-state index is -0.0463. The van der Waals surface area contributed by atoms with Crippen LogP contribution in [0.5, 0.6) is 0 Å². The van der Waals surface area contributed by atoms with Gasteiger partial charge in [0.25, 0.3) is 11.1 Å². The van der Waals surface area contributed by atoms with Crippen LogP contribution < -0.4 is 11.1 Å². The number of rotatable bonds is 2. The van der Waals surface area contributed by atoms with Crippen LogP contribution in [0.2, 0.25) is 10.0 Å². The molecule has 0 fully saturated rings. The normalized spacial score (nSPS) is 13.0. The lowest BCUT2D eigenvalue weighted by atomic mass is 9.98. The molecule has 4 nitrogen and oxygen atoms in total. The van der Waals surface area contributed by atoms with Crippen LogP contribution in [0.1, 0.15) is 28.7 Å². The zero-order chi connectivity index (χ0) is 26.2. The number of pyridine rings is 2. The first-order valence-corrected chi connectivity index (χ1v) is 13.2. The lowest BCUT2D eigenvalue weighted by molar-refractivity contribution is 0.581. The molecule has 0 saturated carbocycles. The van der Waals surface area contributed by atoms with Gasteiger partial charge >= 0.3 is 0 Å². The molecule has 0 radical (unpaired) electrons. The first kappa shape index (κ1) is 24.0. The molecule has 3 heterocycles. The Hall–Kier alpha value is -3.34. The maximum atomic E-state index is 13.9. The van der Waals surface area contributed by atoms with Crippen molar-refractivity contribution in [3.05, 3.63) is 102 Å². The zero-order valence-corrected chi connectivity index (χ0v) is 22.7. The number of hydrogen-bond acceptors (Lipinski definition) is 2.